The summed E-state index contributed by atoms with van der Waals surface area (Å²) in [6.45, 7) is 9.17. The number of ether oxygens (including phenoxy) is 1. The fourth-order valence-electron chi connectivity index (χ4n) is 3.40. The number of aromatic nitrogens is 3. The van der Waals surface area contributed by atoms with Crippen LogP contribution < -0.4 is 0 Å². The Labute approximate surface area is 155 Å². The van der Waals surface area contributed by atoms with Crippen LogP contribution in [0, 0.1) is 13.8 Å². The molecule has 0 saturated heterocycles. The number of methoxy groups -OCH3 is 1. The predicted octanol–water partition coefficient (Wildman–Crippen LogP) is 3.61. The van der Waals surface area contributed by atoms with Crippen molar-refractivity contribution in [1.29, 1.82) is 0 Å². The average Bonchev–Trinajstić information content (AvgIpc) is 2.95. The van der Waals surface area contributed by atoms with Crippen LogP contribution in [-0.2, 0) is 4.74 Å². The van der Waals surface area contributed by atoms with Crippen LogP contribution in [0.2, 0.25) is 0 Å². The minimum atomic E-state index is 0.00643. The van der Waals surface area contributed by atoms with Crippen LogP contribution in [0.3, 0.4) is 0 Å². The lowest BCUT2D eigenvalue weighted by Gasteiger charge is -2.25. The van der Waals surface area contributed by atoms with Crippen molar-refractivity contribution < 1.29 is 4.74 Å². The first-order valence-corrected chi connectivity index (χ1v) is 9.20. The number of nitrogens with zero attached hydrogens (tertiary/aromatic N) is 5. The molecule has 0 aromatic carbocycles. The molecule has 26 heavy (non-hydrogen) atoms. The van der Waals surface area contributed by atoms with Crippen molar-refractivity contribution in [2.45, 2.75) is 46.1 Å². The third-order valence-electron chi connectivity index (χ3n) is 5.18. The first-order valence-electron chi connectivity index (χ1n) is 9.20. The van der Waals surface area contributed by atoms with E-state index in [1.165, 1.54) is 0 Å². The fraction of sp³-hybridized carbons (Fsp3) is 0.550. The highest BCUT2D eigenvalue weighted by atomic mass is 16.5. The highest BCUT2D eigenvalue weighted by Gasteiger charge is 2.27. The lowest BCUT2D eigenvalue weighted by atomic mass is 9.98. The van der Waals surface area contributed by atoms with Crippen molar-refractivity contribution in [2.75, 3.05) is 27.7 Å². The smallest absolute Gasteiger partial charge is 0.159 e. The summed E-state index contributed by atoms with van der Waals surface area (Å²) in [6.07, 6.45) is 5.22. The lowest BCUT2D eigenvalue weighted by molar-refractivity contribution is 0.262. The number of fused-ring (bicyclic) bond motifs is 1. The van der Waals surface area contributed by atoms with Crippen molar-refractivity contribution in [2.24, 2.45) is 4.99 Å². The molecule has 2 unspecified atom stereocenters. The molecule has 0 N–H and O–H groups in total. The number of rotatable bonds is 4. The first kappa shape index (κ1) is 18.4. The van der Waals surface area contributed by atoms with Crippen molar-refractivity contribution in [1.82, 2.24) is 19.4 Å². The van der Waals surface area contributed by atoms with Gasteiger partial charge in [0.05, 0.1) is 31.0 Å². The Hall–Kier alpha value is -2.37. The summed E-state index contributed by atoms with van der Waals surface area (Å²) >= 11 is 0. The van der Waals surface area contributed by atoms with Crippen LogP contribution in [0.1, 0.15) is 49.2 Å². The Kier molecular flexibility index (Phi) is 5.03. The molecule has 3 rings (SSSR count). The average molecular weight is 355 g/mol. The van der Waals surface area contributed by atoms with E-state index in [9.17, 15) is 0 Å². The molecule has 2 aromatic heterocycles. The van der Waals surface area contributed by atoms with Gasteiger partial charge < -0.3 is 14.2 Å². The minimum Gasteiger partial charge on any atom is -0.500 e. The zero-order chi connectivity index (χ0) is 19.0. The molecule has 0 bridgehead atoms. The summed E-state index contributed by atoms with van der Waals surface area (Å²) in [7, 11) is 5.69. The second-order valence-electron chi connectivity index (χ2n) is 7.24. The number of likely N-dealkylation sites (N-methyl/N-ethyl adjacent to an activating group) is 1. The third kappa shape index (κ3) is 3.08. The molecule has 0 fully saturated rings. The monoisotopic (exact) mass is 355 g/mol. The van der Waals surface area contributed by atoms with E-state index in [0.29, 0.717) is 12.6 Å². The quantitative estimate of drug-likeness (QED) is 0.841. The lowest BCUT2D eigenvalue weighted by Crippen LogP contribution is -2.27. The molecule has 1 aliphatic heterocycles. The molecule has 1 aliphatic rings. The molecule has 2 aromatic rings. The summed E-state index contributed by atoms with van der Waals surface area (Å²) in [5.74, 6) is 1.82. The van der Waals surface area contributed by atoms with E-state index >= 15 is 0 Å². The Balaban J connectivity index is 2.08. The molecule has 0 aliphatic carbocycles. The van der Waals surface area contributed by atoms with Gasteiger partial charge in [-0.1, -0.05) is 6.92 Å². The van der Waals surface area contributed by atoms with E-state index in [-0.39, 0.29) is 5.92 Å². The number of amidine groups is 1. The molecule has 2 atom stereocenters. The maximum absolute atomic E-state index is 5.68. The van der Waals surface area contributed by atoms with Gasteiger partial charge >= 0.3 is 0 Å². The number of dihydropyridines is 1. The largest absolute Gasteiger partial charge is 0.500 e. The van der Waals surface area contributed by atoms with Gasteiger partial charge in [0.15, 0.2) is 5.65 Å². The van der Waals surface area contributed by atoms with Gasteiger partial charge in [-0.15, -0.1) is 0 Å². The molecule has 3 heterocycles. The van der Waals surface area contributed by atoms with Gasteiger partial charge in [0.2, 0.25) is 0 Å². The Bertz CT molecular complexity index is 878. The molecule has 0 saturated carbocycles. The number of aryl methyl sites for hydroxylation is 2. The number of hydrogen-bond donors (Lipinski definition) is 0. The van der Waals surface area contributed by atoms with Crippen molar-refractivity contribution >= 4 is 17.0 Å². The SMILES string of the molecule is CCC(C)n1cc(C)c2nc(C3CN=C(N(C)C)C=C3OC)c(C)nc21. The highest BCUT2D eigenvalue weighted by Crippen LogP contribution is 2.31. The molecule has 6 nitrogen and oxygen atoms in total. The summed E-state index contributed by atoms with van der Waals surface area (Å²) in [6, 6.07) is 0.405. The van der Waals surface area contributed by atoms with Crippen molar-refractivity contribution in [3.8, 4) is 0 Å². The molecule has 140 valence electrons. The zero-order valence-corrected chi connectivity index (χ0v) is 16.9. The summed E-state index contributed by atoms with van der Waals surface area (Å²) in [4.78, 5) is 16.6. The van der Waals surface area contributed by atoms with Gasteiger partial charge in [0, 0.05) is 32.4 Å². The van der Waals surface area contributed by atoms with E-state index in [4.69, 9.17) is 14.7 Å². The molecular weight excluding hydrogens is 326 g/mol. The van der Waals surface area contributed by atoms with Crippen LogP contribution in [0.15, 0.2) is 23.0 Å². The third-order valence-corrected chi connectivity index (χ3v) is 5.18. The molecular formula is C20H29N5O. The molecule has 6 heteroatoms. The van der Waals surface area contributed by atoms with Gasteiger partial charge in [0.25, 0.3) is 0 Å². The standard InChI is InChI=1S/C20H29N5O/c1-8-13(3)25-11-12(2)18-20(25)22-14(4)19(23-18)15-10-21-17(24(5)6)9-16(15)26-7/h9,11,13,15H,8,10H2,1-7H3. The Morgan fingerprint density at radius 1 is 1.31 bits per heavy atom. The van der Waals surface area contributed by atoms with Crippen LogP contribution in [0.5, 0.6) is 0 Å². The van der Waals surface area contributed by atoms with Crippen LogP contribution in [-0.4, -0.2) is 53.0 Å². The van der Waals surface area contributed by atoms with Crippen molar-refractivity contribution in [3.05, 3.63) is 35.0 Å². The predicted molar refractivity (Wildman–Crippen MR) is 106 cm³/mol. The zero-order valence-electron chi connectivity index (χ0n) is 16.9. The van der Waals surface area contributed by atoms with Crippen LogP contribution in [0.4, 0.5) is 0 Å². The molecule has 0 radical (unpaired) electrons. The van der Waals surface area contributed by atoms with E-state index in [2.05, 4.69) is 36.5 Å². The maximum atomic E-state index is 5.68. The summed E-state index contributed by atoms with van der Waals surface area (Å²) in [5.41, 5.74) is 5.00. The first-order chi connectivity index (χ1) is 12.4. The number of aliphatic imine (C=N–C) groups is 1. The van der Waals surface area contributed by atoms with Crippen LogP contribution >= 0.6 is 0 Å². The Morgan fingerprint density at radius 2 is 2.04 bits per heavy atom. The Morgan fingerprint density at radius 3 is 2.65 bits per heavy atom. The van der Waals surface area contributed by atoms with E-state index in [1.54, 1.807) is 7.11 Å². The fourth-order valence-corrected chi connectivity index (χ4v) is 3.40. The summed E-state index contributed by atoms with van der Waals surface area (Å²) < 4.78 is 7.92. The maximum Gasteiger partial charge on any atom is 0.159 e. The van der Waals surface area contributed by atoms with Gasteiger partial charge in [-0.25, -0.2) is 9.97 Å². The second kappa shape index (κ2) is 7.09. The van der Waals surface area contributed by atoms with Crippen LogP contribution in [0.25, 0.3) is 11.2 Å². The topological polar surface area (TPSA) is 55.5 Å². The molecule has 0 spiro atoms. The normalized spacial score (nSPS) is 18.5. The van der Waals surface area contributed by atoms with Gasteiger partial charge in [-0.3, -0.25) is 4.99 Å². The van der Waals surface area contributed by atoms with E-state index in [0.717, 1.165) is 46.1 Å². The second-order valence-corrected chi connectivity index (χ2v) is 7.24. The highest BCUT2D eigenvalue weighted by molar-refractivity contribution is 5.94. The number of hydrogen-bond acceptors (Lipinski definition) is 5. The van der Waals surface area contributed by atoms with Gasteiger partial charge in [0.1, 0.15) is 17.1 Å². The van der Waals surface area contributed by atoms with E-state index in [1.807, 2.05) is 32.0 Å². The van der Waals surface area contributed by atoms with Gasteiger partial charge in [-0.2, -0.15) is 0 Å². The summed E-state index contributed by atoms with van der Waals surface area (Å²) in [5, 5.41) is 0. The molecule has 0 amide bonds. The van der Waals surface area contributed by atoms with Gasteiger partial charge in [-0.05, 0) is 32.8 Å². The van der Waals surface area contributed by atoms with E-state index < -0.39 is 0 Å². The van der Waals surface area contributed by atoms with Crippen molar-refractivity contribution in [3.63, 3.8) is 0 Å². The minimum absolute atomic E-state index is 0.00643.